The SMILES string of the molecule is O=C(NC1(C(O)C(=O)NC2CC2)C[C@H]1c1ccccc1)c1c(Cl)cccc1Cl. The summed E-state index contributed by atoms with van der Waals surface area (Å²) in [6.07, 6.45) is 0.900. The maximum atomic E-state index is 13.0. The number of rotatable bonds is 6. The van der Waals surface area contributed by atoms with Crippen LogP contribution in [0.3, 0.4) is 0 Å². The van der Waals surface area contributed by atoms with Crippen LogP contribution in [-0.2, 0) is 4.79 Å². The Bertz CT molecular complexity index is 897. The number of aliphatic hydroxyl groups is 1. The van der Waals surface area contributed by atoms with Crippen LogP contribution < -0.4 is 10.6 Å². The highest BCUT2D eigenvalue weighted by atomic mass is 35.5. The summed E-state index contributed by atoms with van der Waals surface area (Å²) in [7, 11) is 0. The van der Waals surface area contributed by atoms with Gasteiger partial charge in [-0.05, 0) is 37.0 Å². The summed E-state index contributed by atoms with van der Waals surface area (Å²) >= 11 is 12.3. The Kier molecular flexibility index (Phi) is 5.08. The van der Waals surface area contributed by atoms with Crippen molar-refractivity contribution >= 4 is 35.0 Å². The highest BCUT2D eigenvalue weighted by Gasteiger charge is 2.63. The molecule has 4 rings (SSSR count). The van der Waals surface area contributed by atoms with Crippen LogP contribution in [0.4, 0.5) is 0 Å². The van der Waals surface area contributed by atoms with Gasteiger partial charge in [0.25, 0.3) is 11.8 Å². The molecule has 0 bridgehead atoms. The van der Waals surface area contributed by atoms with Gasteiger partial charge in [0.2, 0.25) is 0 Å². The summed E-state index contributed by atoms with van der Waals surface area (Å²) in [6.45, 7) is 0. The molecular formula is C21H20Cl2N2O3. The molecule has 2 aromatic carbocycles. The molecule has 0 saturated heterocycles. The summed E-state index contributed by atoms with van der Waals surface area (Å²) in [4.78, 5) is 25.5. The Balaban J connectivity index is 1.62. The Labute approximate surface area is 173 Å². The van der Waals surface area contributed by atoms with Gasteiger partial charge in [-0.15, -0.1) is 0 Å². The number of benzene rings is 2. The third-order valence-corrected chi connectivity index (χ3v) is 6.03. The minimum Gasteiger partial charge on any atom is -0.381 e. The molecule has 7 heteroatoms. The molecule has 28 heavy (non-hydrogen) atoms. The second-order valence-corrected chi connectivity index (χ2v) is 8.26. The van der Waals surface area contributed by atoms with Gasteiger partial charge in [-0.25, -0.2) is 0 Å². The van der Waals surface area contributed by atoms with Crippen LogP contribution in [0.25, 0.3) is 0 Å². The van der Waals surface area contributed by atoms with E-state index in [9.17, 15) is 14.7 Å². The highest BCUT2D eigenvalue weighted by Crippen LogP contribution is 2.54. The van der Waals surface area contributed by atoms with E-state index in [0.717, 1.165) is 18.4 Å². The van der Waals surface area contributed by atoms with E-state index < -0.39 is 23.5 Å². The van der Waals surface area contributed by atoms with Crippen LogP contribution in [-0.4, -0.2) is 34.6 Å². The molecule has 0 aliphatic heterocycles. The molecule has 2 aromatic rings. The summed E-state index contributed by atoms with van der Waals surface area (Å²) < 4.78 is 0. The van der Waals surface area contributed by atoms with Gasteiger partial charge in [0.1, 0.15) is 0 Å². The minimum atomic E-state index is -1.37. The number of carbonyl (C=O) groups excluding carboxylic acids is 2. The van der Waals surface area contributed by atoms with Crippen molar-refractivity contribution in [2.24, 2.45) is 0 Å². The lowest BCUT2D eigenvalue weighted by atomic mass is 9.99. The summed E-state index contributed by atoms with van der Waals surface area (Å²) in [6, 6.07) is 14.4. The third kappa shape index (κ3) is 3.62. The molecule has 0 heterocycles. The van der Waals surface area contributed by atoms with Crippen molar-refractivity contribution < 1.29 is 14.7 Å². The molecule has 2 amide bonds. The predicted octanol–water partition coefficient (Wildman–Crippen LogP) is 3.29. The molecule has 2 unspecified atom stereocenters. The number of halogens is 2. The molecule has 3 N–H and O–H groups in total. The quantitative estimate of drug-likeness (QED) is 0.673. The molecule has 3 atom stereocenters. The monoisotopic (exact) mass is 418 g/mol. The van der Waals surface area contributed by atoms with Gasteiger partial charge in [-0.2, -0.15) is 0 Å². The van der Waals surface area contributed by atoms with Crippen molar-refractivity contribution in [2.75, 3.05) is 0 Å². The third-order valence-electron chi connectivity index (χ3n) is 5.40. The van der Waals surface area contributed by atoms with Gasteiger partial charge < -0.3 is 15.7 Å². The number of nitrogens with one attached hydrogen (secondary N) is 2. The molecule has 2 fully saturated rings. The van der Waals surface area contributed by atoms with Gasteiger partial charge >= 0.3 is 0 Å². The summed E-state index contributed by atoms with van der Waals surface area (Å²) in [5.41, 5.74) is -0.00930. The first-order valence-electron chi connectivity index (χ1n) is 9.22. The number of hydrogen-bond donors (Lipinski definition) is 3. The van der Waals surface area contributed by atoms with Crippen molar-refractivity contribution in [3.63, 3.8) is 0 Å². The maximum Gasteiger partial charge on any atom is 0.254 e. The van der Waals surface area contributed by atoms with Crippen LogP contribution in [0.5, 0.6) is 0 Å². The first-order valence-corrected chi connectivity index (χ1v) is 9.98. The molecular weight excluding hydrogens is 399 g/mol. The van der Waals surface area contributed by atoms with E-state index in [-0.39, 0.29) is 27.6 Å². The van der Waals surface area contributed by atoms with Crippen LogP contribution in [0.15, 0.2) is 48.5 Å². The zero-order chi connectivity index (χ0) is 19.9. The summed E-state index contributed by atoms with van der Waals surface area (Å²) in [5.74, 6) is -1.15. The van der Waals surface area contributed by atoms with Crippen molar-refractivity contribution in [1.29, 1.82) is 0 Å². The molecule has 0 aromatic heterocycles. The fourth-order valence-corrected chi connectivity index (χ4v) is 4.19. The van der Waals surface area contributed by atoms with Crippen molar-refractivity contribution in [1.82, 2.24) is 10.6 Å². The Morgan fingerprint density at radius 3 is 2.29 bits per heavy atom. The first-order chi connectivity index (χ1) is 13.4. The van der Waals surface area contributed by atoms with E-state index in [2.05, 4.69) is 10.6 Å². The Morgan fingerprint density at radius 2 is 1.68 bits per heavy atom. The fraction of sp³-hybridized carbons (Fsp3) is 0.333. The predicted molar refractivity (Wildman–Crippen MR) is 108 cm³/mol. The normalized spacial score (nSPS) is 24.3. The second kappa shape index (κ2) is 7.39. The van der Waals surface area contributed by atoms with Crippen LogP contribution in [0.2, 0.25) is 10.0 Å². The van der Waals surface area contributed by atoms with Gasteiger partial charge in [-0.3, -0.25) is 9.59 Å². The second-order valence-electron chi connectivity index (χ2n) is 7.44. The number of amides is 2. The molecule has 0 radical (unpaired) electrons. The van der Waals surface area contributed by atoms with Crippen LogP contribution >= 0.6 is 23.2 Å². The lowest BCUT2D eigenvalue weighted by molar-refractivity contribution is -0.131. The average Bonchev–Trinajstić information content (AvgIpc) is 3.59. The molecule has 2 aliphatic carbocycles. The fourth-order valence-electron chi connectivity index (χ4n) is 3.62. The zero-order valence-corrected chi connectivity index (χ0v) is 16.5. The van der Waals surface area contributed by atoms with Gasteiger partial charge in [0.05, 0.1) is 21.1 Å². The maximum absolute atomic E-state index is 13.0. The molecule has 5 nitrogen and oxygen atoms in total. The smallest absolute Gasteiger partial charge is 0.254 e. The van der Waals surface area contributed by atoms with E-state index in [1.807, 2.05) is 30.3 Å². The van der Waals surface area contributed by atoms with Crippen molar-refractivity contribution in [3.8, 4) is 0 Å². The summed E-state index contributed by atoms with van der Waals surface area (Å²) in [5, 5.41) is 17.0. The van der Waals surface area contributed by atoms with E-state index >= 15 is 0 Å². The Hall–Kier alpha value is -2.08. The number of carbonyl (C=O) groups is 2. The number of aliphatic hydroxyl groups excluding tert-OH is 1. The zero-order valence-electron chi connectivity index (χ0n) is 15.0. The van der Waals surface area contributed by atoms with Gasteiger partial charge in [0.15, 0.2) is 6.10 Å². The molecule has 2 aliphatic rings. The van der Waals surface area contributed by atoms with Gasteiger partial charge in [-0.1, -0.05) is 59.6 Å². The van der Waals surface area contributed by atoms with Crippen molar-refractivity contribution in [2.45, 2.75) is 42.9 Å². The lowest BCUT2D eigenvalue weighted by Gasteiger charge is -2.25. The standard InChI is InChI=1S/C21H20Cl2N2O3/c22-15-7-4-8-16(23)17(15)19(27)25-21(18(26)20(28)24-13-9-10-13)11-14(21)12-5-2-1-3-6-12/h1-8,13-14,18,26H,9-11H2,(H,24,28)(H,25,27)/t14-,18?,21?/m0/s1. The Morgan fingerprint density at radius 1 is 1.04 bits per heavy atom. The minimum absolute atomic E-state index is 0.113. The van der Waals surface area contributed by atoms with E-state index in [0.29, 0.717) is 6.42 Å². The first kappa shape index (κ1) is 19.2. The van der Waals surface area contributed by atoms with Crippen LogP contribution in [0.1, 0.15) is 41.1 Å². The van der Waals surface area contributed by atoms with Crippen molar-refractivity contribution in [3.05, 3.63) is 69.7 Å². The van der Waals surface area contributed by atoms with Crippen LogP contribution in [0, 0.1) is 0 Å². The van der Waals surface area contributed by atoms with E-state index in [4.69, 9.17) is 23.2 Å². The lowest BCUT2D eigenvalue weighted by Crippen LogP contribution is -2.54. The van der Waals surface area contributed by atoms with E-state index in [1.54, 1.807) is 18.2 Å². The molecule has 146 valence electrons. The highest BCUT2D eigenvalue weighted by molar-refractivity contribution is 6.39. The average molecular weight is 419 g/mol. The van der Waals surface area contributed by atoms with E-state index in [1.165, 1.54) is 0 Å². The number of hydrogen-bond acceptors (Lipinski definition) is 3. The largest absolute Gasteiger partial charge is 0.381 e. The topological polar surface area (TPSA) is 78.4 Å². The molecule has 2 saturated carbocycles. The molecule has 0 spiro atoms. The van der Waals surface area contributed by atoms with Gasteiger partial charge in [0, 0.05) is 12.0 Å².